The van der Waals surface area contributed by atoms with Crippen LogP contribution >= 0.6 is 0 Å². The van der Waals surface area contributed by atoms with Crippen molar-refractivity contribution in [3.8, 4) is 0 Å². The van der Waals surface area contributed by atoms with Crippen molar-refractivity contribution in [1.29, 1.82) is 0 Å². The minimum absolute atomic E-state index is 0.487. The van der Waals surface area contributed by atoms with Crippen LogP contribution in [0.1, 0.15) is 5.69 Å². The average Bonchev–Trinajstić information content (AvgIpc) is 2.77. The first-order valence-corrected chi connectivity index (χ1v) is 6.13. The van der Waals surface area contributed by atoms with Crippen molar-refractivity contribution in [3.05, 3.63) is 30.1 Å². The monoisotopic (exact) mass is 235 g/mol. The number of rotatable bonds is 5. The fourth-order valence-corrected chi connectivity index (χ4v) is 2.33. The van der Waals surface area contributed by atoms with Crippen molar-refractivity contribution in [3.63, 3.8) is 0 Å². The first-order valence-electron chi connectivity index (χ1n) is 6.13. The maximum absolute atomic E-state index is 5.51. The topological polar surface area (TPSA) is 37.4 Å². The van der Waals surface area contributed by atoms with Gasteiger partial charge in [0.2, 0.25) is 0 Å². The summed E-state index contributed by atoms with van der Waals surface area (Å²) in [4.78, 5) is 6.66. The van der Waals surface area contributed by atoms with Crippen molar-refractivity contribution >= 4 is 0 Å². The molecule has 0 aromatic carbocycles. The lowest BCUT2D eigenvalue weighted by molar-refractivity contribution is 0.172. The van der Waals surface area contributed by atoms with Crippen molar-refractivity contribution < 1.29 is 4.74 Å². The summed E-state index contributed by atoms with van der Waals surface area (Å²) in [6.07, 6.45) is 1.85. The summed E-state index contributed by atoms with van der Waals surface area (Å²) < 4.78 is 5.51. The Morgan fingerprint density at radius 1 is 1.47 bits per heavy atom. The first-order chi connectivity index (χ1) is 8.29. The van der Waals surface area contributed by atoms with Gasteiger partial charge in [0.25, 0.3) is 0 Å². The third kappa shape index (κ3) is 3.49. The van der Waals surface area contributed by atoms with Gasteiger partial charge in [-0.05, 0) is 26.2 Å². The molecule has 0 amide bonds. The number of pyridine rings is 1. The van der Waals surface area contributed by atoms with Crippen LogP contribution in [0.3, 0.4) is 0 Å². The van der Waals surface area contributed by atoms with Crippen LogP contribution in [0.2, 0.25) is 0 Å². The van der Waals surface area contributed by atoms with Gasteiger partial charge in [-0.3, -0.25) is 4.98 Å². The van der Waals surface area contributed by atoms with Crippen molar-refractivity contribution in [2.24, 2.45) is 5.92 Å². The zero-order valence-corrected chi connectivity index (χ0v) is 10.6. The lowest BCUT2D eigenvalue weighted by Crippen LogP contribution is -2.38. The molecule has 0 spiro atoms. The molecule has 0 saturated carbocycles. The van der Waals surface area contributed by atoms with Crippen LogP contribution in [0.15, 0.2) is 24.4 Å². The van der Waals surface area contributed by atoms with Crippen LogP contribution in [-0.4, -0.2) is 49.8 Å². The number of nitrogens with zero attached hydrogens (tertiary/aromatic N) is 2. The molecule has 1 N–H and O–H groups in total. The summed E-state index contributed by atoms with van der Waals surface area (Å²) >= 11 is 0. The van der Waals surface area contributed by atoms with E-state index in [0.29, 0.717) is 12.0 Å². The van der Waals surface area contributed by atoms with Crippen molar-refractivity contribution in [2.45, 2.75) is 12.6 Å². The maximum atomic E-state index is 5.51. The van der Waals surface area contributed by atoms with Crippen LogP contribution in [0.4, 0.5) is 0 Å². The Balaban J connectivity index is 1.83. The highest BCUT2D eigenvalue weighted by Gasteiger charge is 2.27. The van der Waals surface area contributed by atoms with Gasteiger partial charge in [-0.15, -0.1) is 0 Å². The minimum atomic E-state index is 0.487. The number of hydrogen-bond donors (Lipinski definition) is 1. The van der Waals surface area contributed by atoms with Gasteiger partial charge in [0.05, 0.1) is 18.9 Å². The molecule has 0 bridgehead atoms. The van der Waals surface area contributed by atoms with E-state index in [1.807, 2.05) is 25.4 Å². The SMILES string of the molecule is CNC1COCC1CN(C)Cc1ccccn1. The molecule has 0 radical (unpaired) electrons. The van der Waals surface area contributed by atoms with Crippen LogP contribution < -0.4 is 5.32 Å². The Morgan fingerprint density at radius 2 is 2.35 bits per heavy atom. The molecule has 2 unspecified atom stereocenters. The lowest BCUT2D eigenvalue weighted by Gasteiger charge is -2.23. The van der Waals surface area contributed by atoms with E-state index >= 15 is 0 Å². The third-order valence-electron chi connectivity index (χ3n) is 3.27. The standard InChI is InChI=1S/C13H21N3O/c1-14-13-10-17-9-11(13)7-16(2)8-12-5-3-4-6-15-12/h3-6,11,13-14H,7-10H2,1-2H3. The molecule has 1 aliphatic rings. The van der Waals surface area contributed by atoms with Crippen molar-refractivity contribution in [2.75, 3.05) is 33.9 Å². The molecule has 1 saturated heterocycles. The molecule has 2 atom stereocenters. The van der Waals surface area contributed by atoms with E-state index in [2.05, 4.69) is 28.3 Å². The summed E-state index contributed by atoms with van der Waals surface area (Å²) in [5, 5.41) is 3.32. The Kier molecular flexibility index (Phi) is 4.48. The molecule has 1 aromatic heterocycles. The molecule has 4 heteroatoms. The van der Waals surface area contributed by atoms with Crippen molar-refractivity contribution in [1.82, 2.24) is 15.2 Å². The van der Waals surface area contributed by atoms with Crippen LogP contribution in [0, 0.1) is 5.92 Å². The molecule has 0 aliphatic carbocycles. The van der Waals surface area contributed by atoms with E-state index < -0.39 is 0 Å². The molecule has 2 rings (SSSR count). The summed E-state index contributed by atoms with van der Waals surface area (Å²) in [5.74, 6) is 0.578. The van der Waals surface area contributed by atoms with Gasteiger partial charge in [0, 0.05) is 31.2 Å². The second-order valence-electron chi connectivity index (χ2n) is 4.71. The third-order valence-corrected chi connectivity index (χ3v) is 3.27. The highest BCUT2D eigenvalue weighted by atomic mass is 16.5. The maximum Gasteiger partial charge on any atom is 0.0623 e. The molecule has 1 aromatic rings. The molecular formula is C13H21N3O. The van der Waals surface area contributed by atoms with Crippen LogP contribution in [-0.2, 0) is 11.3 Å². The Morgan fingerprint density at radius 3 is 3.06 bits per heavy atom. The highest BCUT2D eigenvalue weighted by Crippen LogP contribution is 2.15. The largest absolute Gasteiger partial charge is 0.379 e. The van der Waals surface area contributed by atoms with E-state index in [4.69, 9.17) is 4.74 Å². The second-order valence-corrected chi connectivity index (χ2v) is 4.71. The molecule has 1 aliphatic heterocycles. The zero-order chi connectivity index (χ0) is 12.1. The highest BCUT2D eigenvalue weighted by molar-refractivity contribution is 5.03. The van der Waals surface area contributed by atoms with Gasteiger partial charge in [-0.25, -0.2) is 0 Å². The van der Waals surface area contributed by atoms with E-state index in [1.54, 1.807) is 0 Å². The summed E-state index contributed by atoms with van der Waals surface area (Å²) in [6.45, 7) is 3.63. The second kappa shape index (κ2) is 6.10. The van der Waals surface area contributed by atoms with Gasteiger partial charge in [-0.2, -0.15) is 0 Å². The molecule has 2 heterocycles. The quantitative estimate of drug-likeness (QED) is 0.817. The summed E-state index contributed by atoms with van der Waals surface area (Å²) in [7, 11) is 4.14. The fraction of sp³-hybridized carbons (Fsp3) is 0.615. The summed E-state index contributed by atoms with van der Waals surface area (Å²) in [5.41, 5.74) is 1.12. The minimum Gasteiger partial charge on any atom is -0.379 e. The van der Waals surface area contributed by atoms with E-state index in [-0.39, 0.29) is 0 Å². The zero-order valence-electron chi connectivity index (χ0n) is 10.6. The van der Waals surface area contributed by atoms with Crippen LogP contribution in [0.5, 0.6) is 0 Å². The Labute approximate surface area is 103 Å². The number of hydrogen-bond acceptors (Lipinski definition) is 4. The Hall–Kier alpha value is -0.970. The predicted molar refractivity (Wildman–Crippen MR) is 67.7 cm³/mol. The molecule has 94 valence electrons. The normalized spacial score (nSPS) is 24.4. The van der Waals surface area contributed by atoms with Gasteiger partial charge < -0.3 is 15.0 Å². The Bertz CT molecular complexity index is 331. The van der Waals surface area contributed by atoms with Gasteiger partial charge in [-0.1, -0.05) is 6.07 Å². The summed E-state index contributed by atoms with van der Waals surface area (Å²) in [6, 6.07) is 6.54. The van der Waals surface area contributed by atoms with E-state index in [1.165, 1.54) is 0 Å². The smallest absolute Gasteiger partial charge is 0.0623 e. The molecular weight excluding hydrogens is 214 g/mol. The number of nitrogens with one attached hydrogen (secondary N) is 1. The molecule has 1 fully saturated rings. The van der Waals surface area contributed by atoms with E-state index in [0.717, 1.165) is 32.0 Å². The number of ether oxygens (including phenoxy) is 1. The van der Waals surface area contributed by atoms with Gasteiger partial charge in [0.15, 0.2) is 0 Å². The van der Waals surface area contributed by atoms with Crippen LogP contribution in [0.25, 0.3) is 0 Å². The number of likely N-dealkylation sites (N-methyl/N-ethyl adjacent to an activating group) is 1. The number of aromatic nitrogens is 1. The van der Waals surface area contributed by atoms with Gasteiger partial charge in [0.1, 0.15) is 0 Å². The fourth-order valence-electron chi connectivity index (χ4n) is 2.33. The average molecular weight is 235 g/mol. The first kappa shape index (κ1) is 12.5. The van der Waals surface area contributed by atoms with E-state index in [9.17, 15) is 0 Å². The molecule has 17 heavy (non-hydrogen) atoms. The van der Waals surface area contributed by atoms with Gasteiger partial charge >= 0.3 is 0 Å². The molecule has 4 nitrogen and oxygen atoms in total. The lowest BCUT2D eigenvalue weighted by atomic mass is 10.0. The predicted octanol–water partition coefficient (Wildman–Crippen LogP) is 0.748.